The van der Waals surface area contributed by atoms with Crippen LogP contribution in [0.3, 0.4) is 0 Å². The van der Waals surface area contributed by atoms with E-state index in [4.69, 9.17) is 9.26 Å². The van der Waals surface area contributed by atoms with Crippen LogP contribution in [0.5, 0.6) is 0 Å². The maximum atomic E-state index is 12.7. The second-order valence-corrected chi connectivity index (χ2v) is 8.82. The van der Waals surface area contributed by atoms with Gasteiger partial charge >= 0.3 is 0 Å². The molecule has 0 unspecified atom stereocenters. The molecule has 0 saturated carbocycles. The lowest BCUT2D eigenvalue weighted by molar-refractivity contribution is -0.126. The number of methoxy groups -OCH3 is 1. The molecule has 2 fully saturated rings. The first-order chi connectivity index (χ1) is 13.0. The first kappa shape index (κ1) is 20.2. The molecule has 0 spiro atoms. The molecular weight excluding hydrogens is 374 g/mol. The van der Waals surface area contributed by atoms with Gasteiger partial charge in [0, 0.05) is 46.3 Å². The lowest BCUT2D eigenvalue weighted by Gasteiger charge is -2.33. The molecule has 0 radical (unpaired) electrons. The predicted molar refractivity (Wildman–Crippen MR) is 95.7 cm³/mol. The van der Waals surface area contributed by atoms with Crippen molar-refractivity contribution in [2.45, 2.75) is 38.7 Å². The smallest absolute Gasteiger partial charge is 0.281 e. The molecule has 1 aromatic heterocycles. The van der Waals surface area contributed by atoms with Crippen LogP contribution in [0.15, 0.2) is 4.52 Å². The van der Waals surface area contributed by atoms with Crippen LogP contribution >= 0.6 is 0 Å². The van der Waals surface area contributed by atoms with Gasteiger partial charge in [0.25, 0.3) is 16.1 Å². The second-order valence-electron chi connectivity index (χ2n) is 6.89. The molecule has 2 aliphatic heterocycles. The van der Waals surface area contributed by atoms with Gasteiger partial charge in [-0.15, -0.1) is 0 Å². The number of carbonyl (C=O) groups excluding carboxylic acids is 1. The van der Waals surface area contributed by atoms with Gasteiger partial charge in [-0.3, -0.25) is 4.79 Å². The number of aromatic nitrogens is 2. The molecular formula is C16H27N5O5S. The number of ether oxygens (including phenoxy) is 1. The van der Waals surface area contributed by atoms with Crippen molar-refractivity contribution in [3.63, 3.8) is 0 Å². The van der Waals surface area contributed by atoms with Gasteiger partial charge in [0.1, 0.15) is 6.61 Å². The van der Waals surface area contributed by atoms with E-state index in [1.807, 2.05) is 0 Å². The van der Waals surface area contributed by atoms with Crippen LogP contribution in [0.4, 0.5) is 0 Å². The van der Waals surface area contributed by atoms with E-state index in [9.17, 15) is 13.2 Å². The number of nitrogens with zero attached hydrogens (tertiary/aromatic N) is 4. The fraction of sp³-hybridized carbons (Fsp3) is 0.812. The molecule has 27 heavy (non-hydrogen) atoms. The fourth-order valence-corrected chi connectivity index (χ4v) is 5.24. The third-order valence-corrected chi connectivity index (χ3v) is 6.90. The average Bonchev–Trinajstić information content (AvgIpc) is 3.34. The van der Waals surface area contributed by atoms with E-state index in [2.05, 4.69) is 15.5 Å². The second kappa shape index (κ2) is 9.09. The van der Waals surface area contributed by atoms with Crippen molar-refractivity contribution < 1.29 is 22.5 Å². The minimum absolute atomic E-state index is 0.128. The van der Waals surface area contributed by atoms with Crippen molar-refractivity contribution in [1.29, 1.82) is 0 Å². The SMILES string of the molecule is COCc1nc(CCNC(=O)[C@H]2CCCN(S(=O)(=O)N3CCCC3)C2)no1. The zero-order valence-electron chi connectivity index (χ0n) is 15.6. The fourth-order valence-electron chi connectivity index (χ4n) is 3.46. The van der Waals surface area contributed by atoms with E-state index in [0.717, 1.165) is 12.8 Å². The first-order valence-corrected chi connectivity index (χ1v) is 10.7. The van der Waals surface area contributed by atoms with E-state index in [1.165, 1.54) is 8.61 Å². The lowest BCUT2D eigenvalue weighted by Crippen LogP contribution is -2.50. The highest BCUT2D eigenvalue weighted by Crippen LogP contribution is 2.23. The summed E-state index contributed by atoms with van der Waals surface area (Å²) in [4.78, 5) is 16.6. The van der Waals surface area contributed by atoms with E-state index >= 15 is 0 Å². The Bertz CT molecular complexity index is 731. The molecule has 11 heteroatoms. The Hall–Kier alpha value is -1.56. The molecule has 0 aliphatic carbocycles. The van der Waals surface area contributed by atoms with Gasteiger partial charge in [0.2, 0.25) is 5.91 Å². The van der Waals surface area contributed by atoms with E-state index in [1.54, 1.807) is 7.11 Å². The summed E-state index contributed by atoms with van der Waals surface area (Å²) in [5.41, 5.74) is 0. The van der Waals surface area contributed by atoms with Crippen molar-refractivity contribution in [3.05, 3.63) is 11.7 Å². The van der Waals surface area contributed by atoms with E-state index < -0.39 is 10.2 Å². The number of piperidine rings is 1. The molecule has 0 aromatic carbocycles. The summed E-state index contributed by atoms with van der Waals surface area (Å²) in [7, 11) is -1.91. The van der Waals surface area contributed by atoms with Crippen molar-refractivity contribution in [2.24, 2.45) is 5.92 Å². The van der Waals surface area contributed by atoms with Gasteiger partial charge in [0.05, 0.1) is 5.92 Å². The zero-order chi connectivity index (χ0) is 19.3. The maximum absolute atomic E-state index is 12.7. The van der Waals surface area contributed by atoms with Crippen LogP contribution in [0, 0.1) is 5.92 Å². The van der Waals surface area contributed by atoms with Crippen LogP contribution in [-0.2, 0) is 32.8 Å². The van der Waals surface area contributed by atoms with Crippen molar-refractivity contribution in [1.82, 2.24) is 24.1 Å². The summed E-state index contributed by atoms with van der Waals surface area (Å²) in [6.07, 6.45) is 3.63. The van der Waals surface area contributed by atoms with Gasteiger partial charge in [-0.05, 0) is 25.7 Å². The summed E-state index contributed by atoms with van der Waals surface area (Å²) in [5, 5.41) is 6.68. The quantitative estimate of drug-likeness (QED) is 0.648. The van der Waals surface area contributed by atoms with Gasteiger partial charge in [-0.2, -0.15) is 22.0 Å². The Kier molecular flexibility index (Phi) is 6.79. The molecule has 10 nitrogen and oxygen atoms in total. The molecule has 1 N–H and O–H groups in total. The van der Waals surface area contributed by atoms with Crippen LogP contribution in [-0.4, -0.2) is 72.9 Å². The third-order valence-electron chi connectivity index (χ3n) is 4.90. The van der Waals surface area contributed by atoms with E-state index in [0.29, 0.717) is 57.2 Å². The predicted octanol–water partition coefficient (Wildman–Crippen LogP) is -0.0727. The Morgan fingerprint density at radius 1 is 1.26 bits per heavy atom. The Labute approximate surface area is 159 Å². The summed E-state index contributed by atoms with van der Waals surface area (Å²) in [6, 6.07) is 0. The van der Waals surface area contributed by atoms with Gasteiger partial charge < -0.3 is 14.6 Å². The maximum Gasteiger partial charge on any atom is 0.281 e. The molecule has 1 amide bonds. The Balaban J connectivity index is 1.47. The summed E-state index contributed by atoms with van der Waals surface area (Å²) < 4.78 is 38.3. The van der Waals surface area contributed by atoms with Gasteiger partial charge in [0.15, 0.2) is 5.82 Å². The number of carbonyl (C=O) groups is 1. The third kappa shape index (κ3) is 5.03. The summed E-state index contributed by atoms with van der Waals surface area (Å²) >= 11 is 0. The summed E-state index contributed by atoms with van der Waals surface area (Å²) in [6.45, 7) is 2.50. The number of hydrogen-bond acceptors (Lipinski definition) is 7. The summed E-state index contributed by atoms with van der Waals surface area (Å²) in [5.74, 6) is 0.445. The van der Waals surface area contributed by atoms with Crippen LogP contribution in [0.2, 0.25) is 0 Å². The molecule has 1 atom stereocenters. The zero-order valence-corrected chi connectivity index (χ0v) is 16.4. The molecule has 152 valence electrons. The molecule has 0 bridgehead atoms. The van der Waals surface area contributed by atoms with E-state index in [-0.39, 0.29) is 25.0 Å². The standard InChI is InChI=1S/C16H27N5O5S/c1-25-12-15-18-14(19-26-15)6-7-17-16(22)13-5-4-10-21(11-13)27(23,24)20-8-2-3-9-20/h13H,2-12H2,1H3,(H,17,22)/t13-/m0/s1. The number of nitrogens with one attached hydrogen (secondary N) is 1. The normalized spacial score (nSPS) is 22.2. The molecule has 1 aromatic rings. The topological polar surface area (TPSA) is 118 Å². The highest BCUT2D eigenvalue weighted by atomic mass is 32.2. The Morgan fingerprint density at radius 3 is 2.74 bits per heavy atom. The first-order valence-electron chi connectivity index (χ1n) is 9.34. The Morgan fingerprint density at radius 2 is 2.00 bits per heavy atom. The van der Waals surface area contributed by atoms with Gasteiger partial charge in [-0.25, -0.2) is 0 Å². The molecule has 3 rings (SSSR count). The average molecular weight is 401 g/mol. The molecule has 2 saturated heterocycles. The largest absolute Gasteiger partial charge is 0.375 e. The van der Waals surface area contributed by atoms with Crippen LogP contribution in [0.1, 0.15) is 37.4 Å². The lowest BCUT2D eigenvalue weighted by atomic mass is 9.99. The highest BCUT2D eigenvalue weighted by Gasteiger charge is 2.36. The minimum Gasteiger partial charge on any atom is -0.375 e. The van der Waals surface area contributed by atoms with Crippen molar-refractivity contribution in [2.75, 3.05) is 39.8 Å². The number of amides is 1. The van der Waals surface area contributed by atoms with Crippen LogP contribution in [0.25, 0.3) is 0 Å². The van der Waals surface area contributed by atoms with Gasteiger partial charge in [-0.1, -0.05) is 5.16 Å². The van der Waals surface area contributed by atoms with Crippen LogP contribution < -0.4 is 5.32 Å². The number of hydrogen-bond donors (Lipinski definition) is 1. The molecule has 3 heterocycles. The minimum atomic E-state index is -3.45. The molecule has 2 aliphatic rings. The monoisotopic (exact) mass is 401 g/mol. The van der Waals surface area contributed by atoms with Crippen molar-refractivity contribution in [3.8, 4) is 0 Å². The number of rotatable bonds is 8. The highest BCUT2D eigenvalue weighted by molar-refractivity contribution is 7.86. The van der Waals surface area contributed by atoms with Crippen molar-refractivity contribution >= 4 is 16.1 Å².